The van der Waals surface area contributed by atoms with Gasteiger partial charge in [-0.2, -0.15) is 5.10 Å². The van der Waals surface area contributed by atoms with Crippen LogP contribution in [-0.2, 0) is 16.0 Å². The Morgan fingerprint density at radius 2 is 2.26 bits per heavy atom. The minimum atomic E-state index is -0.219. The van der Waals surface area contributed by atoms with E-state index in [9.17, 15) is 4.79 Å². The SMILES string of the molecule is CCCc1nc([C@@H]2CN(C(=O)[C@@H]3CCCCN3C)CCO2)n[nH]1. The summed E-state index contributed by atoms with van der Waals surface area (Å²) in [6.45, 7) is 4.87. The summed E-state index contributed by atoms with van der Waals surface area (Å²) in [7, 11) is 2.05. The zero-order chi connectivity index (χ0) is 16.2. The van der Waals surface area contributed by atoms with Gasteiger partial charge in [0, 0.05) is 13.0 Å². The first-order valence-corrected chi connectivity index (χ1v) is 8.71. The van der Waals surface area contributed by atoms with Gasteiger partial charge in [0.2, 0.25) is 5.91 Å². The van der Waals surface area contributed by atoms with Crippen LogP contribution in [0.4, 0.5) is 0 Å². The summed E-state index contributed by atoms with van der Waals surface area (Å²) in [6, 6.07) is 0.0188. The molecule has 7 nitrogen and oxygen atoms in total. The largest absolute Gasteiger partial charge is 0.366 e. The van der Waals surface area contributed by atoms with Crippen molar-refractivity contribution in [1.82, 2.24) is 25.0 Å². The van der Waals surface area contributed by atoms with Crippen molar-refractivity contribution in [2.45, 2.75) is 51.2 Å². The molecule has 1 aromatic heterocycles. The van der Waals surface area contributed by atoms with Gasteiger partial charge in [0.15, 0.2) is 5.82 Å². The Bertz CT molecular complexity index is 532. The molecule has 7 heteroatoms. The number of carbonyl (C=O) groups is 1. The maximum Gasteiger partial charge on any atom is 0.240 e. The number of hydrogen-bond acceptors (Lipinski definition) is 5. The van der Waals surface area contributed by atoms with Crippen LogP contribution in [0, 0.1) is 0 Å². The number of carbonyl (C=O) groups excluding carboxylic acids is 1. The number of amides is 1. The standard InChI is InChI=1S/C16H27N5O2/c1-3-6-14-17-15(19-18-14)13-11-21(9-10-23-13)16(22)12-7-4-5-8-20(12)2/h12-13H,3-11H2,1-2H3,(H,17,18,19)/t12-,13-/m0/s1. The monoisotopic (exact) mass is 321 g/mol. The highest BCUT2D eigenvalue weighted by Crippen LogP contribution is 2.23. The lowest BCUT2D eigenvalue weighted by atomic mass is 10.0. The minimum Gasteiger partial charge on any atom is -0.366 e. The quantitative estimate of drug-likeness (QED) is 0.900. The van der Waals surface area contributed by atoms with Gasteiger partial charge in [0.05, 0.1) is 19.2 Å². The number of ether oxygens (including phenoxy) is 1. The van der Waals surface area contributed by atoms with Crippen LogP contribution in [0.5, 0.6) is 0 Å². The van der Waals surface area contributed by atoms with Crippen LogP contribution in [0.1, 0.15) is 50.4 Å². The van der Waals surface area contributed by atoms with Gasteiger partial charge in [-0.3, -0.25) is 14.8 Å². The predicted molar refractivity (Wildman–Crippen MR) is 85.9 cm³/mol. The van der Waals surface area contributed by atoms with E-state index in [4.69, 9.17) is 4.74 Å². The maximum atomic E-state index is 12.8. The molecule has 0 aromatic carbocycles. The van der Waals surface area contributed by atoms with Crippen molar-refractivity contribution in [2.75, 3.05) is 33.3 Å². The highest BCUT2D eigenvalue weighted by atomic mass is 16.5. The number of hydrogen-bond donors (Lipinski definition) is 1. The number of nitrogens with one attached hydrogen (secondary N) is 1. The smallest absolute Gasteiger partial charge is 0.240 e. The van der Waals surface area contributed by atoms with E-state index in [2.05, 4.69) is 27.0 Å². The lowest BCUT2D eigenvalue weighted by molar-refractivity contribution is -0.145. The molecule has 128 valence electrons. The summed E-state index contributed by atoms with van der Waals surface area (Å²) in [5.41, 5.74) is 0. The molecule has 1 N–H and O–H groups in total. The fourth-order valence-electron chi connectivity index (χ4n) is 3.41. The van der Waals surface area contributed by atoms with Crippen molar-refractivity contribution in [1.29, 1.82) is 0 Å². The number of morpholine rings is 1. The third-order valence-electron chi connectivity index (χ3n) is 4.76. The molecule has 0 radical (unpaired) electrons. The maximum absolute atomic E-state index is 12.8. The van der Waals surface area contributed by atoms with Gasteiger partial charge in [0.25, 0.3) is 0 Å². The molecule has 2 fully saturated rings. The summed E-state index contributed by atoms with van der Waals surface area (Å²) < 4.78 is 5.80. The fourth-order valence-corrected chi connectivity index (χ4v) is 3.41. The molecule has 2 aliphatic heterocycles. The van der Waals surface area contributed by atoms with E-state index in [0.29, 0.717) is 25.5 Å². The predicted octanol–water partition coefficient (Wildman–Crippen LogP) is 1.14. The van der Waals surface area contributed by atoms with Gasteiger partial charge in [-0.15, -0.1) is 0 Å². The average molecular weight is 321 g/mol. The highest BCUT2D eigenvalue weighted by molar-refractivity contribution is 5.82. The van der Waals surface area contributed by atoms with E-state index >= 15 is 0 Å². The molecule has 3 heterocycles. The summed E-state index contributed by atoms with van der Waals surface area (Å²) >= 11 is 0. The van der Waals surface area contributed by atoms with Crippen molar-refractivity contribution in [3.63, 3.8) is 0 Å². The molecule has 0 bridgehead atoms. The Kier molecular flexibility index (Phi) is 5.27. The van der Waals surface area contributed by atoms with Crippen LogP contribution in [0.25, 0.3) is 0 Å². The molecule has 23 heavy (non-hydrogen) atoms. The molecular weight excluding hydrogens is 294 g/mol. The van der Waals surface area contributed by atoms with Gasteiger partial charge in [0.1, 0.15) is 11.9 Å². The lowest BCUT2D eigenvalue weighted by Crippen LogP contribution is -2.52. The van der Waals surface area contributed by atoms with E-state index in [0.717, 1.165) is 38.1 Å². The Balaban J connectivity index is 1.64. The van der Waals surface area contributed by atoms with Gasteiger partial charge in [-0.25, -0.2) is 4.98 Å². The number of piperidine rings is 1. The molecule has 1 aromatic rings. The number of aromatic nitrogens is 3. The third kappa shape index (κ3) is 3.72. The second-order valence-corrected chi connectivity index (χ2v) is 6.53. The van der Waals surface area contributed by atoms with Crippen LogP contribution < -0.4 is 0 Å². The van der Waals surface area contributed by atoms with Gasteiger partial charge < -0.3 is 9.64 Å². The molecular formula is C16H27N5O2. The Labute approximate surface area is 137 Å². The molecule has 0 unspecified atom stereocenters. The second kappa shape index (κ2) is 7.40. The number of aromatic amines is 1. The molecule has 1 amide bonds. The third-order valence-corrected chi connectivity index (χ3v) is 4.76. The topological polar surface area (TPSA) is 74.3 Å². The van der Waals surface area contributed by atoms with Crippen molar-refractivity contribution in [3.05, 3.63) is 11.6 Å². The first kappa shape index (κ1) is 16.4. The van der Waals surface area contributed by atoms with Gasteiger partial charge >= 0.3 is 0 Å². The zero-order valence-electron chi connectivity index (χ0n) is 14.1. The second-order valence-electron chi connectivity index (χ2n) is 6.53. The molecule has 2 saturated heterocycles. The van der Waals surface area contributed by atoms with Crippen molar-refractivity contribution in [3.8, 4) is 0 Å². The first-order valence-electron chi connectivity index (χ1n) is 8.71. The lowest BCUT2D eigenvalue weighted by Gasteiger charge is -2.38. The van der Waals surface area contributed by atoms with Crippen molar-refractivity contribution in [2.24, 2.45) is 0 Å². The first-order chi connectivity index (χ1) is 11.2. The van der Waals surface area contributed by atoms with Gasteiger partial charge in [-0.05, 0) is 32.9 Å². The van der Waals surface area contributed by atoms with Crippen LogP contribution in [0.3, 0.4) is 0 Å². The van der Waals surface area contributed by atoms with Crippen LogP contribution >= 0.6 is 0 Å². The molecule has 2 aliphatic rings. The van der Waals surface area contributed by atoms with E-state index < -0.39 is 0 Å². The van der Waals surface area contributed by atoms with Crippen LogP contribution in [0.15, 0.2) is 0 Å². The Morgan fingerprint density at radius 3 is 3.04 bits per heavy atom. The Morgan fingerprint density at radius 1 is 1.39 bits per heavy atom. The molecule has 2 atom stereocenters. The van der Waals surface area contributed by atoms with Crippen molar-refractivity contribution >= 4 is 5.91 Å². The van der Waals surface area contributed by atoms with Crippen LogP contribution in [-0.4, -0.2) is 70.2 Å². The number of nitrogens with zero attached hydrogens (tertiary/aromatic N) is 4. The summed E-state index contributed by atoms with van der Waals surface area (Å²) in [6.07, 6.45) is 4.97. The molecule has 0 aliphatic carbocycles. The summed E-state index contributed by atoms with van der Waals surface area (Å²) in [5, 5.41) is 7.24. The normalized spacial score (nSPS) is 26.4. The van der Waals surface area contributed by atoms with Gasteiger partial charge in [-0.1, -0.05) is 13.3 Å². The molecule has 0 spiro atoms. The van der Waals surface area contributed by atoms with Crippen LogP contribution in [0.2, 0.25) is 0 Å². The van der Waals surface area contributed by atoms with E-state index in [1.54, 1.807) is 0 Å². The summed E-state index contributed by atoms with van der Waals surface area (Å²) in [5.74, 6) is 1.79. The Hall–Kier alpha value is -1.47. The summed E-state index contributed by atoms with van der Waals surface area (Å²) in [4.78, 5) is 21.4. The van der Waals surface area contributed by atoms with Crippen molar-refractivity contribution < 1.29 is 9.53 Å². The number of likely N-dealkylation sites (tertiary alicyclic amines) is 1. The molecule has 3 rings (SSSR count). The number of likely N-dealkylation sites (N-methyl/N-ethyl adjacent to an activating group) is 1. The average Bonchev–Trinajstić information content (AvgIpc) is 3.04. The van der Waals surface area contributed by atoms with E-state index in [-0.39, 0.29) is 18.1 Å². The highest BCUT2D eigenvalue weighted by Gasteiger charge is 2.34. The number of rotatable bonds is 4. The minimum absolute atomic E-state index is 0.0188. The zero-order valence-corrected chi connectivity index (χ0v) is 14.1. The van der Waals surface area contributed by atoms with E-state index in [1.165, 1.54) is 6.42 Å². The van der Waals surface area contributed by atoms with E-state index in [1.807, 2.05) is 11.9 Å². The molecule has 0 saturated carbocycles. The number of aryl methyl sites for hydroxylation is 1. The number of H-pyrrole nitrogens is 1. The fraction of sp³-hybridized carbons (Fsp3) is 0.812.